The summed E-state index contributed by atoms with van der Waals surface area (Å²) < 4.78 is 21.1. The van der Waals surface area contributed by atoms with Crippen LogP contribution in [0.3, 0.4) is 0 Å². The summed E-state index contributed by atoms with van der Waals surface area (Å²) in [7, 11) is 1.33. The Kier molecular flexibility index (Phi) is 4.30. The molecule has 0 radical (unpaired) electrons. The molecule has 0 heterocycles. The second kappa shape index (κ2) is 6.04. The van der Waals surface area contributed by atoms with Crippen LogP contribution in [-0.2, 0) is 19.1 Å². The number of carbonyl (C=O) groups is 3. The number of alkyl halides is 1. The highest BCUT2D eigenvalue weighted by Gasteiger charge is 2.64. The Morgan fingerprint density at radius 3 is 2.76 bits per heavy atom. The predicted octanol–water partition coefficient (Wildman–Crippen LogP) is 3.27. The third-order valence-corrected chi connectivity index (χ3v) is 6.23. The SMILES string of the molecule is COC(=O)CC[C@@H]1C(C)=CC(=O)[C@]2(F)[C@@H]1CCC1=CC(=O)C=C[C@@]12C. The monoisotopic (exact) mass is 346 g/mol. The van der Waals surface area contributed by atoms with Crippen LogP contribution in [-0.4, -0.2) is 30.3 Å². The van der Waals surface area contributed by atoms with E-state index in [4.69, 9.17) is 4.74 Å². The van der Waals surface area contributed by atoms with Crippen molar-refractivity contribution in [3.05, 3.63) is 35.5 Å². The van der Waals surface area contributed by atoms with Crippen molar-refractivity contribution in [2.45, 2.75) is 45.2 Å². The second-order valence-corrected chi connectivity index (χ2v) is 7.44. The fourth-order valence-corrected chi connectivity index (χ4v) is 4.76. The number of hydrogen-bond acceptors (Lipinski definition) is 4. The van der Waals surface area contributed by atoms with Crippen molar-refractivity contribution in [3.63, 3.8) is 0 Å². The van der Waals surface area contributed by atoms with Gasteiger partial charge in [0.1, 0.15) is 0 Å². The molecule has 0 bridgehead atoms. The molecular formula is C20H23FO4. The summed E-state index contributed by atoms with van der Waals surface area (Å²) in [6.07, 6.45) is 7.49. The van der Waals surface area contributed by atoms with Gasteiger partial charge in [-0.25, -0.2) is 4.39 Å². The van der Waals surface area contributed by atoms with Gasteiger partial charge in [0.15, 0.2) is 17.2 Å². The average molecular weight is 346 g/mol. The number of allylic oxidation sites excluding steroid dienone is 6. The zero-order valence-corrected chi connectivity index (χ0v) is 14.8. The molecular weight excluding hydrogens is 323 g/mol. The van der Waals surface area contributed by atoms with E-state index in [1.54, 1.807) is 13.0 Å². The topological polar surface area (TPSA) is 60.4 Å². The molecule has 3 aliphatic carbocycles. The van der Waals surface area contributed by atoms with E-state index < -0.39 is 22.8 Å². The number of esters is 1. The molecule has 0 aromatic heterocycles. The van der Waals surface area contributed by atoms with Gasteiger partial charge < -0.3 is 4.74 Å². The zero-order chi connectivity index (χ0) is 18.4. The maximum atomic E-state index is 16.4. The first-order valence-electron chi connectivity index (χ1n) is 8.66. The Morgan fingerprint density at radius 2 is 2.08 bits per heavy atom. The lowest BCUT2D eigenvalue weighted by Crippen LogP contribution is -2.60. The lowest BCUT2D eigenvalue weighted by Gasteiger charge is -2.54. The molecule has 0 aromatic rings. The third kappa shape index (κ3) is 2.52. The fraction of sp³-hybridized carbons (Fsp3) is 0.550. The van der Waals surface area contributed by atoms with Crippen LogP contribution in [0.25, 0.3) is 0 Å². The van der Waals surface area contributed by atoms with Gasteiger partial charge in [0, 0.05) is 17.8 Å². The fourth-order valence-electron chi connectivity index (χ4n) is 4.76. The first kappa shape index (κ1) is 17.8. The zero-order valence-electron chi connectivity index (χ0n) is 14.8. The van der Waals surface area contributed by atoms with Gasteiger partial charge in [-0.2, -0.15) is 0 Å². The maximum absolute atomic E-state index is 16.4. The van der Waals surface area contributed by atoms with Gasteiger partial charge in [0.25, 0.3) is 0 Å². The van der Waals surface area contributed by atoms with Crippen molar-refractivity contribution in [1.29, 1.82) is 0 Å². The highest BCUT2D eigenvalue weighted by molar-refractivity contribution is 6.04. The van der Waals surface area contributed by atoms with E-state index in [1.807, 2.05) is 6.92 Å². The minimum absolute atomic E-state index is 0.160. The maximum Gasteiger partial charge on any atom is 0.305 e. The first-order valence-corrected chi connectivity index (χ1v) is 8.66. The molecule has 4 atom stereocenters. The molecule has 0 N–H and O–H groups in total. The van der Waals surface area contributed by atoms with E-state index in [0.717, 1.165) is 5.57 Å². The first-order chi connectivity index (χ1) is 11.7. The summed E-state index contributed by atoms with van der Waals surface area (Å²) in [5, 5.41) is 0. The number of ketones is 2. The van der Waals surface area contributed by atoms with E-state index in [0.29, 0.717) is 24.8 Å². The van der Waals surface area contributed by atoms with E-state index in [2.05, 4.69) is 0 Å². The summed E-state index contributed by atoms with van der Waals surface area (Å²) in [4.78, 5) is 36.0. The number of ether oxygens (including phenoxy) is 1. The minimum atomic E-state index is -2.09. The summed E-state index contributed by atoms with van der Waals surface area (Å²) >= 11 is 0. The van der Waals surface area contributed by atoms with Crippen LogP contribution in [0.15, 0.2) is 35.5 Å². The number of methoxy groups -OCH3 is 1. The number of halogens is 1. The molecule has 0 aromatic carbocycles. The van der Waals surface area contributed by atoms with E-state index in [1.165, 1.54) is 25.3 Å². The second-order valence-electron chi connectivity index (χ2n) is 7.44. The van der Waals surface area contributed by atoms with Crippen LogP contribution in [0.1, 0.15) is 39.5 Å². The number of carbonyl (C=O) groups excluding carboxylic acids is 3. The standard InChI is InChI=1S/C20H23FO4/c1-12-10-17(23)20(21)16(15(12)5-7-18(24)25-3)6-4-13-11-14(22)8-9-19(13,20)2/h8-11,15-16H,4-7H2,1-3H3/t15-,16-,19+,20-/m1/s1. The smallest absolute Gasteiger partial charge is 0.305 e. The highest BCUT2D eigenvalue weighted by atomic mass is 19.1. The number of fused-ring (bicyclic) bond motifs is 3. The van der Waals surface area contributed by atoms with Crippen molar-refractivity contribution < 1.29 is 23.5 Å². The van der Waals surface area contributed by atoms with Crippen molar-refractivity contribution in [1.82, 2.24) is 0 Å². The summed E-state index contributed by atoms with van der Waals surface area (Å²) in [6, 6.07) is 0. The highest BCUT2D eigenvalue weighted by Crippen LogP contribution is 2.60. The Morgan fingerprint density at radius 1 is 1.36 bits per heavy atom. The van der Waals surface area contributed by atoms with Gasteiger partial charge in [0.2, 0.25) is 0 Å². The van der Waals surface area contributed by atoms with Gasteiger partial charge in [-0.3, -0.25) is 14.4 Å². The van der Waals surface area contributed by atoms with Crippen molar-refractivity contribution >= 4 is 17.5 Å². The molecule has 0 aliphatic heterocycles. The summed E-state index contributed by atoms with van der Waals surface area (Å²) in [5.41, 5.74) is -1.69. The third-order valence-electron chi connectivity index (χ3n) is 6.23. The van der Waals surface area contributed by atoms with Gasteiger partial charge in [-0.05, 0) is 57.3 Å². The molecule has 134 valence electrons. The summed E-state index contributed by atoms with van der Waals surface area (Å²) in [5.74, 6) is -1.72. The molecule has 5 heteroatoms. The molecule has 3 rings (SSSR count). The minimum Gasteiger partial charge on any atom is -0.469 e. The molecule has 3 aliphatic rings. The lowest BCUT2D eigenvalue weighted by atomic mass is 9.50. The molecule has 1 fully saturated rings. The molecule has 0 unspecified atom stereocenters. The normalized spacial score (nSPS) is 37.0. The van der Waals surface area contributed by atoms with E-state index >= 15 is 4.39 Å². The van der Waals surface area contributed by atoms with Crippen molar-refractivity contribution in [3.8, 4) is 0 Å². The van der Waals surface area contributed by atoms with Crippen molar-refractivity contribution in [2.75, 3.05) is 7.11 Å². The van der Waals surface area contributed by atoms with E-state index in [9.17, 15) is 14.4 Å². The predicted molar refractivity (Wildman–Crippen MR) is 90.4 cm³/mol. The van der Waals surface area contributed by atoms with Crippen LogP contribution < -0.4 is 0 Å². The van der Waals surface area contributed by atoms with Crippen molar-refractivity contribution in [2.24, 2.45) is 17.3 Å². The molecule has 1 saturated carbocycles. The van der Waals surface area contributed by atoms with Crippen LogP contribution in [0.2, 0.25) is 0 Å². The largest absolute Gasteiger partial charge is 0.469 e. The van der Waals surface area contributed by atoms with Crippen LogP contribution in [0.5, 0.6) is 0 Å². The summed E-state index contributed by atoms with van der Waals surface area (Å²) in [6.45, 7) is 3.53. The molecule has 25 heavy (non-hydrogen) atoms. The van der Waals surface area contributed by atoms with Crippen LogP contribution in [0.4, 0.5) is 4.39 Å². The molecule has 0 amide bonds. The number of hydrogen-bond donors (Lipinski definition) is 0. The Bertz CT molecular complexity index is 732. The Labute approximate surface area is 146 Å². The molecule has 0 saturated heterocycles. The van der Waals surface area contributed by atoms with E-state index in [-0.39, 0.29) is 24.1 Å². The van der Waals surface area contributed by atoms with Gasteiger partial charge >= 0.3 is 5.97 Å². The van der Waals surface area contributed by atoms with Crippen LogP contribution >= 0.6 is 0 Å². The Balaban J connectivity index is 2.02. The number of rotatable bonds is 3. The van der Waals surface area contributed by atoms with Crippen LogP contribution in [0, 0.1) is 17.3 Å². The average Bonchev–Trinajstić information content (AvgIpc) is 2.57. The quantitative estimate of drug-likeness (QED) is 0.736. The van der Waals surface area contributed by atoms with Gasteiger partial charge in [-0.1, -0.05) is 17.2 Å². The molecule has 0 spiro atoms. The lowest BCUT2D eigenvalue weighted by molar-refractivity contribution is -0.145. The van der Waals surface area contributed by atoms with Gasteiger partial charge in [-0.15, -0.1) is 0 Å². The Hall–Kier alpha value is -2.04. The molecule has 4 nitrogen and oxygen atoms in total. The van der Waals surface area contributed by atoms with Gasteiger partial charge in [0.05, 0.1) is 7.11 Å².